The molecule has 1 aromatic heterocycles. The van der Waals surface area contributed by atoms with Crippen molar-refractivity contribution >= 4 is 5.82 Å². The molecule has 0 saturated carbocycles. The molecule has 1 N–H and O–H groups in total. The Balaban J connectivity index is 2.89. The number of rotatable bonds is 4. The lowest BCUT2D eigenvalue weighted by Crippen LogP contribution is -2.25. The molecular formula is C11H15F3N2O. The third kappa shape index (κ3) is 3.89. The third-order valence-electron chi connectivity index (χ3n) is 2.34. The summed E-state index contributed by atoms with van der Waals surface area (Å²) < 4.78 is 38.1. The molecule has 0 saturated heterocycles. The van der Waals surface area contributed by atoms with Gasteiger partial charge in [0.2, 0.25) is 0 Å². The van der Waals surface area contributed by atoms with Crippen molar-refractivity contribution in [2.24, 2.45) is 0 Å². The maximum Gasteiger partial charge on any atom is 0.419 e. The van der Waals surface area contributed by atoms with E-state index in [0.29, 0.717) is 13.0 Å². The highest BCUT2D eigenvalue weighted by molar-refractivity contribution is 5.47. The first-order chi connectivity index (χ1) is 7.82. The molecule has 0 aliphatic carbocycles. The molecule has 0 aromatic carbocycles. The van der Waals surface area contributed by atoms with Crippen molar-refractivity contribution in [3.8, 4) is 0 Å². The molecule has 0 aliphatic heterocycles. The first-order valence-corrected chi connectivity index (χ1v) is 5.23. The Morgan fingerprint density at radius 2 is 2.12 bits per heavy atom. The minimum atomic E-state index is -4.41. The smallest absolute Gasteiger partial charge is 0.393 e. The Morgan fingerprint density at radius 1 is 1.47 bits per heavy atom. The Bertz CT molecular complexity index is 366. The van der Waals surface area contributed by atoms with E-state index in [1.165, 1.54) is 24.2 Å². The number of nitrogens with zero attached hydrogens (tertiary/aromatic N) is 2. The number of halogens is 3. The molecule has 0 spiro atoms. The highest BCUT2D eigenvalue weighted by Gasteiger charge is 2.34. The summed E-state index contributed by atoms with van der Waals surface area (Å²) in [4.78, 5) is 5.15. The van der Waals surface area contributed by atoms with Crippen LogP contribution in [-0.4, -0.2) is 29.8 Å². The predicted octanol–water partition coefficient (Wildman–Crippen LogP) is 2.31. The van der Waals surface area contributed by atoms with Crippen LogP contribution in [0.25, 0.3) is 0 Å². The first kappa shape index (κ1) is 13.8. The van der Waals surface area contributed by atoms with E-state index >= 15 is 0 Å². The van der Waals surface area contributed by atoms with Crippen LogP contribution in [0.1, 0.15) is 18.9 Å². The van der Waals surface area contributed by atoms with Crippen molar-refractivity contribution in [3.05, 3.63) is 23.9 Å². The molecule has 0 unspecified atom stereocenters. The summed E-state index contributed by atoms with van der Waals surface area (Å²) in [6, 6.07) is 2.26. The predicted molar refractivity (Wildman–Crippen MR) is 58.8 cm³/mol. The maximum absolute atomic E-state index is 12.7. The number of alkyl halides is 3. The van der Waals surface area contributed by atoms with Crippen LogP contribution in [0.2, 0.25) is 0 Å². The summed E-state index contributed by atoms with van der Waals surface area (Å²) in [6.07, 6.45) is -3.24. The van der Waals surface area contributed by atoms with Crippen molar-refractivity contribution in [2.45, 2.75) is 25.6 Å². The van der Waals surface area contributed by atoms with Crippen LogP contribution in [0.4, 0.5) is 19.0 Å². The standard InChI is InChI=1S/C11H15F3N2O/c1-8(17)5-7-16(2)10-9(11(12,13)14)4-3-6-15-10/h3-4,6,8,17H,5,7H2,1-2H3/t8-/m0/s1. The van der Waals surface area contributed by atoms with Gasteiger partial charge in [0.15, 0.2) is 0 Å². The summed E-state index contributed by atoms with van der Waals surface area (Å²) in [5.74, 6) is -0.111. The van der Waals surface area contributed by atoms with Gasteiger partial charge in [-0.15, -0.1) is 0 Å². The topological polar surface area (TPSA) is 36.4 Å². The van der Waals surface area contributed by atoms with Gasteiger partial charge >= 0.3 is 6.18 Å². The molecule has 0 amide bonds. The van der Waals surface area contributed by atoms with Crippen LogP contribution in [0.5, 0.6) is 0 Å². The zero-order valence-electron chi connectivity index (χ0n) is 9.70. The second-order valence-corrected chi connectivity index (χ2v) is 3.93. The molecule has 1 atom stereocenters. The average Bonchev–Trinajstić information content (AvgIpc) is 2.24. The van der Waals surface area contributed by atoms with Crippen LogP contribution in [0.3, 0.4) is 0 Å². The molecule has 17 heavy (non-hydrogen) atoms. The van der Waals surface area contributed by atoms with E-state index in [1.54, 1.807) is 6.92 Å². The van der Waals surface area contributed by atoms with Gasteiger partial charge in [0.05, 0.1) is 11.7 Å². The molecule has 1 heterocycles. The van der Waals surface area contributed by atoms with Crippen molar-refractivity contribution < 1.29 is 18.3 Å². The highest BCUT2D eigenvalue weighted by Crippen LogP contribution is 2.34. The largest absolute Gasteiger partial charge is 0.419 e. The molecule has 0 fully saturated rings. The minimum Gasteiger partial charge on any atom is -0.393 e. The molecule has 6 heteroatoms. The number of hydrogen-bond donors (Lipinski definition) is 1. The van der Waals surface area contributed by atoms with E-state index in [-0.39, 0.29) is 5.82 Å². The Morgan fingerprint density at radius 3 is 2.65 bits per heavy atom. The summed E-state index contributed by atoms with van der Waals surface area (Å²) in [7, 11) is 1.53. The fourth-order valence-electron chi connectivity index (χ4n) is 1.41. The molecule has 3 nitrogen and oxygen atoms in total. The summed E-state index contributed by atoms with van der Waals surface area (Å²) >= 11 is 0. The van der Waals surface area contributed by atoms with Gasteiger partial charge in [-0.25, -0.2) is 4.98 Å². The fourth-order valence-corrected chi connectivity index (χ4v) is 1.41. The fraction of sp³-hybridized carbons (Fsp3) is 0.545. The van der Waals surface area contributed by atoms with Crippen molar-refractivity contribution in [2.75, 3.05) is 18.5 Å². The van der Waals surface area contributed by atoms with Crippen LogP contribution >= 0.6 is 0 Å². The van der Waals surface area contributed by atoms with E-state index < -0.39 is 17.8 Å². The minimum absolute atomic E-state index is 0.111. The van der Waals surface area contributed by atoms with Crippen molar-refractivity contribution in [1.29, 1.82) is 0 Å². The van der Waals surface area contributed by atoms with Gasteiger partial charge in [-0.2, -0.15) is 13.2 Å². The molecule has 0 radical (unpaired) electrons. The number of aromatic nitrogens is 1. The van der Waals surface area contributed by atoms with E-state index in [1.807, 2.05) is 0 Å². The Hall–Kier alpha value is -1.30. The number of anilines is 1. The van der Waals surface area contributed by atoms with Crippen LogP contribution < -0.4 is 4.90 Å². The van der Waals surface area contributed by atoms with Gasteiger partial charge in [0.25, 0.3) is 0 Å². The third-order valence-corrected chi connectivity index (χ3v) is 2.34. The lowest BCUT2D eigenvalue weighted by molar-refractivity contribution is -0.137. The van der Waals surface area contributed by atoms with Gasteiger partial charge in [-0.05, 0) is 25.5 Å². The second kappa shape index (κ2) is 5.35. The number of hydrogen-bond acceptors (Lipinski definition) is 3. The average molecular weight is 248 g/mol. The summed E-state index contributed by atoms with van der Waals surface area (Å²) in [5.41, 5.74) is -0.756. The normalized spacial score (nSPS) is 13.5. The quantitative estimate of drug-likeness (QED) is 0.888. The number of pyridine rings is 1. The van der Waals surface area contributed by atoms with Crippen molar-refractivity contribution in [1.82, 2.24) is 4.98 Å². The van der Waals surface area contributed by atoms with Gasteiger partial charge < -0.3 is 10.0 Å². The summed E-state index contributed by atoms with van der Waals surface area (Å²) in [6.45, 7) is 1.91. The van der Waals surface area contributed by atoms with Crippen molar-refractivity contribution in [3.63, 3.8) is 0 Å². The SMILES string of the molecule is C[C@H](O)CCN(C)c1ncccc1C(F)(F)F. The lowest BCUT2D eigenvalue weighted by Gasteiger charge is -2.22. The molecule has 1 rings (SSSR count). The van der Waals surface area contributed by atoms with Crippen LogP contribution in [0, 0.1) is 0 Å². The zero-order chi connectivity index (χ0) is 13.1. The first-order valence-electron chi connectivity index (χ1n) is 5.23. The van der Waals surface area contributed by atoms with Gasteiger partial charge in [0, 0.05) is 19.8 Å². The van der Waals surface area contributed by atoms with E-state index in [9.17, 15) is 13.2 Å². The van der Waals surface area contributed by atoms with E-state index in [2.05, 4.69) is 4.98 Å². The monoisotopic (exact) mass is 248 g/mol. The van der Waals surface area contributed by atoms with Crippen LogP contribution in [0.15, 0.2) is 18.3 Å². The molecule has 0 aliphatic rings. The molecular weight excluding hydrogens is 233 g/mol. The van der Waals surface area contributed by atoms with E-state index in [0.717, 1.165) is 6.07 Å². The van der Waals surface area contributed by atoms with Gasteiger partial charge in [-0.3, -0.25) is 0 Å². The molecule has 0 bridgehead atoms. The molecule has 1 aromatic rings. The van der Waals surface area contributed by atoms with E-state index in [4.69, 9.17) is 5.11 Å². The Kier molecular flexibility index (Phi) is 4.34. The summed E-state index contributed by atoms with van der Waals surface area (Å²) in [5, 5.41) is 9.11. The number of aliphatic hydroxyl groups is 1. The Labute approximate surface area is 97.9 Å². The second-order valence-electron chi connectivity index (χ2n) is 3.93. The van der Waals surface area contributed by atoms with Crippen LogP contribution in [-0.2, 0) is 6.18 Å². The number of aliphatic hydroxyl groups excluding tert-OH is 1. The van der Waals surface area contributed by atoms with Gasteiger partial charge in [0.1, 0.15) is 5.82 Å². The molecule has 96 valence electrons. The van der Waals surface area contributed by atoms with Gasteiger partial charge in [-0.1, -0.05) is 0 Å². The highest BCUT2D eigenvalue weighted by atomic mass is 19.4. The lowest BCUT2D eigenvalue weighted by atomic mass is 10.2. The zero-order valence-corrected chi connectivity index (χ0v) is 9.70. The maximum atomic E-state index is 12.7.